The summed E-state index contributed by atoms with van der Waals surface area (Å²) in [6.45, 7) is 1.71. The Balaban J connectivity index is 2.13. The Morgan fingerprint density at radius 1 is 1.33 bits per heavy atom. The van der Waals surface area contributed by atoms with Crippen molar-refractivity contribution in [3.05, 3.63) is 44.6 Å². The van der Waals surface area contributed by atoms with Gasteiger partial charge in [0.2, 0.25) is 0 Å². The summed E-state index contributed by atoms with van der Waals surface area (Å²) in [5, 5.41) is 11.3. The summed E-state index contributed by atoms with van der Waals surface area (Å²) in [5.74, 6) is -1.51. The number of carboxylic acid groups (broad SMARTS) is 1. The highest BCUT2D eigenvalue weighted by atomic mass is 16.5. The molecule has 0 spiro atoms. The lowest BCUT2D eigenvalue weighted by Gasteiger charge is -2.07. The van der Waals surface area contributed by atoms with E-state index in [0.29, 0.717) is 5.39 Å². The number of fused-ring (bicyclic) bond motifs is 1. The van der Waals surface area contributed by atoms with Gasteiger partial charge in [-0.05, 0) is 25.1 Å². The van der Waals surface area contributed by atoms with Crippen molar-refractivity contribution in [2.24, 2.45) is 0 Å². The van der Waals surface area contributed by atoms with Gasteiger partial charge in [-0.1, -0.05) is 0 Å². The van der Waals surface area contributed by atoms with E-state index in [2.05, 4.69) is 10.3 Å². The summed E-state index contributed by atoms with van der Waals surface area (Å²) in [6.07, 6.45) is 0. The molecule has 0 fully saturated rings. The first-order valence-corrected chi connectivity index (χ1v) is 7.28. The molecule has 1 amide bonds. The molecule has 2 rings (SSSR count). The maximum atomic E-state index is 12.1. The smallest absolute Gasteiger partial charge is 0.329 e. The molecule has 0 bridgehead atoms. The molecule has 24 heavy (non-hydrogen) atoms. The van der Waals surface area contributed by atoms with Crippen molar-refractivity contribution in [3.8, 4) is 0 Å². The van der Waals surface area contributed by atoms with Gasteiger partial charge < -0.3 is 20.1 Å². The number of aromatic amines is 1. The molecular weight excluding hydrogens is 318 g/mol. The lowest BCUT2D eigenvalue weighted by atomic mass is 10.1. The molecule has 0 radical (unpaired) electrons. The molecular formula is C15H17N3O6. The molecule has 0 atom stereocenters. The van der Waals surface area contributed by atoms with Crippen molar-refractivity contribution in [1.82, 2.24) is 14.9 Å². The molecule has 0 saturated heterocycles. The van der Waals surface area contributed by atoms with E-state index >= 15 is 0 Å². The number of carbonyl (C=O) groups is 2. The molecule has 0 aliphatic rings. The zero-order chi connectivity index (χ0) is 17.7. The number of nitrogens with zero attached hydrogens (tertiary/aromatic N) is 1. The first kappa shape index (κ1) is 17.4. The van der Waals surface area contributed by atoms with E-state index in [9.17, 15) is 19.2 Å². The fourth-order valence-corrected chi connectivity index (χ4v) is 2.18. The number of hydrogen-bond donors (Lipinski definition) is 3. The molecule has 2 aromatic rings. The van der Waals surface area contributed by atoms with Gasteiger partial charge in [0.05, 0.1) is 17.5 Å². The lowest BCUT2D eigenvalue weighted by Crippen LogP contribution is -2.34. The third-order valence-corrected chi connectivity index (χ3v) is 3.32. The van der Waals surface area contributed by atoms with Gasteiger partial charge in [-0.25, -0.2) is 9.59 Å². The third-order valence-electron chi connectivity index (χ3n) is 3.32. The quantitative estimate of drug-likeness (QED) is 0.587. The molecule has 1 aromatic carbocycles. The zero-order valence-electron chi connectivity index (χ0n) is 13.0. The minimum Gasteiger partial charge on any atom is -0.480 e. The Morgan fingerprint density at radius 3 is 2.75 bits per heavy atom. The average molecular weight is 335 g/mol. The highest BCUT2D eigenvalue weighted by Crippen LogP contribution is 2.09. The summed E-state index contributed by atoms with van der Waals surface area (Å²) in [5.41, 5.74) is -0.394. The standard InChI is InChI=1S/C15H17N3O6/c1-2-18-14(22)10-4-3-9(7-11(10)17-15(18)23)13(21)16-5-6-24-8-12(19)20/h3-4,7H,2,5-6,8H2,1H3,(H,16,21)(H,17,23)(H,19,20). The summed E-state index contributed by atoms with van der Waals surface area (Å²) in [4.78, 5) is 48.8. The molecule has 0 aliphatic carbocycles. The van der Waals surface area contributed by atoms with E-state index < -0.39 is 29.7 Å². The minimum absolute atomic E-state index is 0.0592. The predicted octanol–water partition coefficient (Wildman–Crippen LogP) is -0.459. The van der Waals surface area contributed by atoms with Gasteiger partial charge in [0.25, 0.3) is 11.5 Å². The normalized spacial score (nSPS) is 10.7. The first-order chi connectivity index (χ1) is 11.4. The molecule has 0 aliphatic heterocycles. The second-order valence-corrected chi connectivity index (χ2v) is 4.94. The maximum absolute atomic E-state index is 12.1. The van der Waals surface area contributed by atoms with E-state index in [4.69, 9.17) is 9.84 Å². The number of carboxylic acids is 1. The number of benzene rings is 1. The van der Waals surface area contributed by atoms with Crippen LogP contribution in [-0.4, -0.2) is 46.3 Å². The minimum atomic E-state index is -1.09. The SMILES string of the molecule is CCn1c(=O)[nH]c2cc(C(=O)NCCOCC(=O)O)ccc2c1=O. The number of amides is 1. The van der Waals surface area contributed by atoms with Crippen molar-refractivity contribution in [3.63, 3.8) is 0 Å². The number of carbonyl (C=O) groups excluding carboxylic acids is 1. The van der Waals surface area contributed by atoms with Crippen LogP contribution >= 0.6 is 0 Å². The van der Waals surface area contributed by atoms with Crippen LogP contribution in [0.4, 0.5) is 0 Å². The van der Waals surface area contributed by atoms with Gasteiger partial charge in [0, 0.05) is 18.7 Å². The number of ether oxygens (including phenoxy) is 1. The molecule has 9 heteroatoms. The van der Waals surface area contributed by atoms with Crippen molar-refractivity contribution in [2.45, 2.75) is 13.5 Å². The molecule has 3 N–H and O–H groups in total. The Hall–Kier alpha value is -2.94. The van der Waals surface area contributed by atoms with Gasteiger partial charge in [-0.3, -0.25) is 14.2 Å². The monoisotopic (exact) mass is 335 g/mol. The van der Waals surface area contributed by atoms with Crippen molar-refractivity contribution in [2.75, 3.05) is 19.8 Å². The summed E-state index contributed by atoms with van der Waals surface area (Å²) >= 11 is 0. The fraction of sp³-hybridized carbons (Fsp3) is 0.333. The second-order valence-electron chi connectivity index (χ2n) is 4.94. The summed E-state index contributed by atoms with van der Waals surface area (Å²) in [7, 11) is 0. The van der Waals surface area contributed by atoms with Gasteiger partial charge in [-0.2, -0.15) is 0 Å². The Labute approximate surface area is 135 Å². The maximum Gasteiger partial charge on any atom is 0.329 e. The average Bonchev–Trinajstić information content (AvgIpc) is 2.53. The number of hydrogen-bond acceptors (Lipinski definition) is 5. The van der Waals surface area contributed by atoms with Crippen LogP contribution in [0.15, 0.2) is 27.8 Å². The summed E-state index contributed by atoms with van der Waals surface area (Å²) in [6, 6.07) is 4.39. The van der Waals surface area contributed by atoms with Crippen LogP contribution in [0.3, 0.4) is 0 Å². The Morgan fingerprint density at radius 2 is 2.08 bits per heavy atom. The second kappa shape index (κ2) is 7.55. The number of aromatic nitrogens is 2. The van der Waals surface area contributed by atoms with Crippen LogP contribution in [0.25, 0.3) is 10.9 Å². The van der Waals surface area contributed by atoms with Crippen molar-refractivity contribution in [1.29, 1.82) is 0 Å². The molecule has 0 unspecified atom stereocenters. The van der Waals surface area contributed by atoms with Gasteiger partial charge in [0.1, 0.15) is 6.61 Å². The fourth-order valence-electron chi connectivity index (χ4n) is 2.18. The topological polar surface area (TPSA) is 130 Å². The number of nitrogens with one attached hydrogen (secondary N) is 2. The zero-order valence-corrected chi connectivity index (χ0v) is 13.0. The van der Waals surface area contributed by atoms with E-state index in [1.807, 2.05) is 0 Å². The van der Waals surface area contributed by atoms with E-state index in [1.165, 1.54) is 18.2 Å². The summed E-state index contributed by atoms with van der Waals surface area (Å²) < 4.78 is 5.87. The predicted molar refractivity (Wildman–Crippen MR) is 85.3 cm³/mol. The van der Waals surface area contributed by atoms with E-state index in [0.717, 1.165) is 4.57 Å². The van der Waals surface area contributed by atoms with Gasteiger partial charge in [-0.15, -0.1) is 0 Å². The van der Waals surface area contributed by atoms with Crippen molar-refractivity contribution < 1.29 is 19.4 Å². The number of aliphatic carboxylic acids is 1. The van der Waals surface area contributed by atoms with Gasteiger partial charge in [0.15, 0.2) is 0 Å². The van der Waals surface area contributed by atoms with Crippen molar-refractivity contribution >= 4 is 22.8 Å². The van der Waals surface area contributed by atoms with E-state index in [1.54, 1.807) is 6.92 Å². The molecule has 1 heterocycles. The number of H-pyrrole nitrogens is 1. The van der Waals surface area contributed by atoms with Crippen LogP contribution < -0.4 is 16.6 Å². The van der Waals surface area contributed by atoms with Crippen LogP contribution in [-0.2, 0) is 16.1 Å². The molecule has 0 saturated carbocycles. The lowest BCUT2D eigenvalue weighted by molar-refractivity contribution is -0.142. The van der Waals surface area contributed by atoms with Crippen LogP contribution in [0.1, 0.15) is 17.3 Å². The van der Waals surface area contributed by atoms with Crippen LogP contribution in [0.5, 0.6) is 0 Å². The molecule has 9 nitrogen and oxygen atoms in total. The van der Waals surface area contributed by atoms with Crippen LogP contribution in [0.2, 0.25) is 0 Å². The Kier molecular flexibility index (Phi) is 5.48. The first-order valence-electron chi connectivity index (χ1n) is 7.28. The third kappa shape index (κ3) is 3.87. The Bertz CT molecular complexity index is 883. The van der Waals surface area contributed by atoms with Crippen LogP contribution in [0, 0.1) is 0 Å². The largest absolute Gasteiger partial charge is 0.480 e. The van der Waals surface area contributed by atoms with Gasteiger partial charge >= 0.3 is 11.7 Å². The molecule has 128 valence electrons. The highest BCUT2D eigenvalue weighted by Gasteiger charge is 2.10. The highest BCUT2D eigenvalue weighted by molar-refractivity contribution is 5.97. The van der Waals surface area contributed by atoms with E-state index in [-0.39, 0.29) is 30.8 Å². The molecule has 1 aromatic heterocycles. The number of rotatable bonds is 7.